The van der Waals surface area contributed by atoms with E-state index in [-0.39, 0.29) is 25.6 Å². The molecule has 4 nitrogen and oxygen atoms in total. The van der Waals surface area contributed by atoms with E-state index in [0.717, 1.165) is 10.5 Å². The molecule has 1 amide bonds. The highest BCUT2D eigenvalue weighted by molar-refractivity contribution is 6.30. The molecule has 2 aromatic carbocycles. The lowest BCUT2D eigenvalue weighted by Gasteiger charge is -2.26. The van der Waals surface area contributed by atoms with E-state index in [0.29, 0.717) is 34.2 Å². The Morgan fingerprint density at radius 1 is 0.969 bits per heavy atom. The molecule has 0 unspecified atom stereocenters. The highest BCUT2D eigenvalue weighted by Crippen LogP contribution is 2.37. The standard InChI is InChI=1S/C21H13ClF6N2O2/c22-15-3-1-11(2-4-15)18-16-5-6-30(10-17(16)29-32-18)19(31)12-7-13(20(23,24)25)9-14(8-12)21(26,27)28/h1-4,7-9H,5-6,10H2. The minimum absolute atomic E-state index is 0.0128. The number of amides is 1. The topological polar surface area (TPSA) is 46.3 Å². The van der Waals surface area contributed by atoms with Crippen LogP contribution in [-0.2, 0) is 25.3 Å². The molecule has 32 heavy (non-hydrogen) atoms. The Hall–Kier alpha value is -3.01. The summed E-state index contributed by atoms with van der Waals surface area (Å²) in [6.45, 7) is -0.0336. The summed E-state index contributed by atoms with van der Waals surface area (Å²) < 4.78 is 84.0. The number of fused-ring (bicyclic) bond motifs is 1. The van der Waals surface area contributed by atoms with Gasteiger partial charge in [0.15, 0.2) is 5.76 Å². The molecule has 11 heteroatoms. The SMILES string of the molecule is O=C(c1cc(C(F)(F)F)cc(C(F)(F)F)c1)N1CCc2c(noc2-c2ccc(Cl)cc2)C1. The molecule has 1 aromatic heterocycles. The van der Waals surface area contributed by atoms with Crippen molar-refractivity contribution < 1.29 is 35.7 Å². The third-order valence-electron chi connectivity index (χ3n) is 5.07. The molecule has 0 spiro atoms. The van der Waals surface area contributed by atoms with Crippen LogP contribution in [0.5, 0.6) is 0 Å². The third-order valence-corrected chi connectivity index (χ3v) is 5.32. The molecule has 3 aromatic rings. The van der Waals surface area contributed by atoms with Crippen molar-refractivity contribution in [2.75, 3.05) is 6.54 Å². The summed E-state index contributed by atoms with van der Waals surface area (Å²) in [6.07, 6.45) is -9.80. The fourth-order valence-corrected chi connectivity index (χ4v) is 3.62. The minimum Gasteiger partial charge on any atom is -0.356 e. The quantitative estimate of drug-likeness (QED) is 0.414. The zero-order valence-electron chi connectivity index (χ0n) is 16.0. The molecule has 0 atom stereocenters. The van der Waals surface area contributed by atoms with Crippen LogP contribution < -0.4 is 0 Å². The first-order chi connectivity index (χ1) is 14.9. The van der Waals surface area contributed by atoms with Crippen molar-refractivity contribution in [2.45, 2.75) is 25.3 Å². The Labute approximate surface area is 182 Å². The first kappa shape index (κ1) is 22.2. The molecule has 0 bridgehead atoms. The van der Waals surface area contributed by atoms with E-state index in [1.807, 2.05) is 0 Å². The first-order valence-electron chi connectivity index (χ1n) is 9.25. The van der Waals surface area contributed by atoms with Crippen LogP contribution in [0.1, 0.15) is 32.7 Å². The van der Waals surface area contributed by atoms with E-state index in [9.17, 15) is 31.1 Å². The van der Waals surface area contributed by atoms with E-state index in [1.54, 1.807) is 24.3 Å². The molecule has 2 heterocycles. The lowest BCUT2D eigenvalue weighted by molar-refractivity contribution is -0.143. The minimum atomic E-state index is -5.04. The van der Waals surface area contributed by atoms with Gasteiger partial charge >= 0.3 is 12.4 Å². The van der Waals surface area contributed by atoms with Gasteiger partial charge in [-0.25, -0.2) is 0 Å². The van der Waals surface area contributed by atoms with Crippen molar-refractivity contribution in [2.24, 2.45) is 0 Å². The van der Waals surface area contributed by atoms with Gasteiger partial charge in [-0.05, 0) is 48.9 Å². The molecule has 1 aliphatic heterocycles. The molecule has 0 N–H and O–H groups in total. The molecule has 0 saturated heterocycles. The predicted molar refractivity (Wildman–Crippen MR) is 102 cm³/mol. The number of aromatic nitrogens is 1. The molecule has 0 fully saturated rings. The number of carbonyl (C=O) groups is 1. The normalized spacial score (nSPS) is 14.4. The third kappa shape index (κ3) is 4.32. The van der Waals surface area contributed by atoms with Crippen LogP contribution in [0.3, 0.4) is 0 Å². The summed E-state index contributed by atoms with van der Waals surface area (Å²) in [5.74, 6) is -0.481. The van der Waals surface area contributed by atoms with Gasteiger partial charge in [0, 0.05) is 28.3 Å². The van der Waals surface area contributed by atoms with Gasteiger partial charge < -0.3 is 9.42 Å². The van der Waals surface area contributed by atoms with E-state index >= 15 is 0 Å². The van der Waals surface area contributed by atoms with Gasteiger partial charge in [-0.15, -0.1) is 0 Å². The Kier molecular flexibility index (Phi) is 5.44. The van der Waals surface area contributed by atoms with Gasteiger partial charge in [0.1, 0.15) is 5.69 Å². The van der Waals surface area contributed by atoms with Gasteiger partial charge in [0.25, 0.3) is 5.91 Å². The van der Waals surface area contributed by atoms with E-state index in [2.05, 4.69) is 5.16 Å². The summed E-state index contributed by atoms with van der Waals surface area (Å²) in [5, 5.41) is 4.46. The Bertz CT molecular complexity index is 1140. The Morgan fingerprint density at radius 2 is 1.56 bits per heavy atom. The maximum Gasteiger partial charge on any atom is 0.416 e. The number of rotatable bonds is 2. The van der Waals surface area contributed by atoms with Crippen LogP contribution in [0.4, 0.5) is 26.3 Å². The lowest BCUT2D eigenvalue weighted by atomic mass is 9.99. The second-order valence-electron chi connectivity index (χ2n) is 7.22. The van der Waals surface area contributed by atoms with Gasteiger partial charge in [0.05, 0.1) is 17.7 Å². The number of carbonyl (C=O) groups excluding carboxylic acids is 1. The van der Waals surface area contributed by atoms with Crippen LogP contribution in [0.2, 0.25) is 5.02 Å². The van der Waals surface area contributed by atoms with E-state index < -0.39 is 35.0 Å². The van der Waals surface area contributed by atoms with Gasteiger partial charge in [-0.2, -0.15) is 26.3 Å². The molecule has 0 radical (unpaired) electrons. The molecule has 0 aliphatic carbocycles. The van der Waals surface area contributed by atoms with Gasteiger partial charge in [-0.1, -0.05) is 16.8 Å². The molecule has 1 aliphatic rings. The van der Waals surface area contributed by atoms with Crippen molar-refractivity contribution in [1.82, 2.24) is 10.1 Å². The molecule has 168 valence electrons. The maximum atomic E-state index is 13.1. The predicted octanol–water partition coefficient (Wildman–Crippen LogP) is 6.23. The Balaban J connectivity index is 1.63. The molecular weight excluding hydrogens is 462 g/mol. The van der Waals surface area contributed by atoms with Crippen molar-refractivity contribution >= 4 is 17.5 Å². The second kappa shape index (κ2) is 7.84. The smallest absolute Gasteiger partial charge is 0.356 e. The van der Waals surface area contributed by atoms with Crippen molar-refractivity contribution in [3.8, 4) is 11.3 Å². The first-order valence-corrected chi connectivity index (χ1v) is 9.63. The van der Waals surface area contributed by atoms with Crippen LogP contribution >= 0.6 is 11.6 Å². The zero-order valence-corrected chi connectivity index (χ0v) is 16.8. The largest absolute Gasteiger partial charge is 0.416 e. The Morgan fingerprint density at radius 3 is 2.12 bits per heavy atom. The van der Waals surface area contributed by atoms with Crippen molar-refractivity contribution in [3.05, 3.63) is 75.4 Å². The van der Waals surface area contributed by atoms with Crippen molar-refractivity contribution in [3.63, 3.8) is 0 Å². The van der Waals surface area contributed by atoms with Crippen LogP contribution in [0.15, 0.2) is 47.0 Å². The number of hydrogen-bond donors (Lipinski definition) is 0. The number of hydrogen-bond acceptors (Lipinski definition) is 3. The fraction of sp³-hybridized carbons (Fsp3) is 0.238. The van der Waals surface area contributed by atoms with Crippen LogP contribution in [0.25, 0.3) is 11.3 Å². The second-order valence-corrected chi connectivity index (χ2v) is 7.65. The molecular formula is C21H13ClF6N2O2. The van der Waals surface area contributed by atoms with Crippen molar-refractivity contribution in [1.29, 1.82) is 0 Å². The average Bonchev–Trinajstić information content (AvgIpc) is 3.15. The van der Waals surface area contributed by atoms with Gasteiger partial charge in [0.2, 0.25) is 0 Å². The summed E-state index contributed by atoms with van der Waals surface area (Å²) in [7, 11) is 0. The summed E-state index contributed by atoms with van der Waals surface area (Å²) >= 11 is 5.88. The monoisotopic (exact) mass is 474 g/mol. The lowest BCUT2D eigenvalue weighted by Crippen LogP contribution is -2.36. The maximum absolute atomic E-state index is 13.1. The summed E-state index contributed by atoms with van der Waals surface area (Å²) in [5.41, 5.74) is -1.97. The average molecular weight is 475 g/mol. The molecule has 4 rings (SSSR count). The summed E-state index contributed by atoms with van der Waals surface area (Å²) in [6, 6.07) is 7.61. The molecule has 0 saturated carbocycles. The fourth-order valence-electron chi connectivity index (χ4n) is 3.49. The van der Waals surface area contributed by atoms with E-state index in [1.165, 1.54) is 0 Å². The van der Waals surface area contributed by atoms with E-state index in [4.69, 9.17) is 16.1 Å². The highest BCUT2D eigenvalue weighted by atomic mass is 35.5. The number of halogens is 7. The van der Waals surface area contributed by atoms with Crippen LogP contribution in [-0.4, -0.2) is 22.5 Å². The number of benzene rings is 2. The van der Waals surface area contributed by atoms with Gasteiger partial charge in [-0.3, -0.25) is 4.79 Å². The van der Waals surface area contributed by atoms with Crippen LogP contribution in [0, 0.1) is 0 Å². The number of alkyl halides is 6. The summed E-state index contributed by atoms with van der Waals surface area (Å²) in [4.78, 5) is 13.9. The highest BCUT2D eigenvalue weighted by Gasteiger charge is 2.38. The number of nitrogens with zero attached hydrogens (tertiary/aromatic N) is 2. The zero-order chi connectivity index (χ0) is 23.3.